The van der Waals surface area contributed by atoms with Crippen LogP contribution in [0.4, 0.5) is 4.39 Å². The van der Waals surface area contributed by atoms with Gasteiger partial charge in [-0.25, -0.2) is 9.18 Å². The normalized spacial score (nSPS) is 10.3. The lowest BCUT2D eigenvalue weighted by Crippen LogP contribution is -1.96. The number of rotatable bonds is 3. The second kappa shape index (κ2) is 5.54. The summed E-state index contributed by atoms with van der Waals surface area (Å²) in [5.74, 6) is -1.25. The second-order valence-corrected chi connectivity index (χ2v) is 5.50. The molecule has 0 heterocycles. The Morgan fingerprint density at radius 3 is 2.28 bits per heavy atom. The summed E-state index contributed by atoms with van der Waals surface area (Å²) in [6, 6.07) is 11.1. The topological polar surface area (TPSA) is 37.3 Å². The molecule has 2 nitrogen and oxygen atoms in total. The van der Waals surface area contributed by atoms with Gasteiger partial charge in [-0.1, -0.05) is 11.8 Å². The Labute approximate surface area is 116 Å². The molecule has 0 unspecified atom stereocenters. The minimum atomic E-state index is -0.972. The molecule has 1 N–H and O–H groups in total. The fourth-order valence-electron chi connectivity index (χ4n) is 1.37. The summed E-state index contributed by atoms with van der Waals surface area (Å²) in [6.45, 7) is 0. The van der Waals surface area contributed by atoms with Gasteiger partial charge in [-0.05, 0) is 58.4 Å². The molecule has 0 fully saturated rings. The van der Waals surface area contributed by atoms with Gasteiger partial charge in [0.1, 0.15) is 5.82 Å². The van der Waals surface area contributed by atoms with Gasteiger partial charge in [0.2, 0.25) is 0 Å². The van der Waals surface area contributed by atoms with Gasteiger partial charge in [0.05, 0.1) is 5.56 Å². The molecule has 0 atom stereocenters. The summed E-state index contributed by atoms with van der Waals surface area (Å²) in [6.07, 6.45) is 0. The number of benzene rings is 2. The van der Waals surface area contributed by atoms with E-state index in [0.29, 0.717) is 4.47 Å². The van der Waals surface area contributed by atoms with Crippen LogP contribution in [0.5, 0.6) is 0 Å². The maximum absolute atomic E-state index is 12.7. The van der Waals surface area contributed by atoms with Gasteiger partial charge in [-0.2, -0.15) is 0 Å². The Bertz CT molecular complexity index is 584. The molecule has 0 saturated carbocycles. The number of aromatic carboxylic acids is 1. The lowest BCUT2D eigenvalue weighted by atomic mass is 10.2. The third-order valence-electron chi connectivity index (χ3n) is 2.22. The zero-order valence-corrected chi connectivity index (χ0v) is 11.5. The predicted molar refractivity (Wildman–Crippen MR) is 71.6 cm³/mol. The maximum atomic E-state index is 12.7. The van der Waals surface area contributed by atoms with E-state index in [9.17, 15) is 9.18 Å². The molecule has 92 valence electrons. The SMILES string of the molecule is O=C(O)c1ccc(Sc2ccc(F)cc2)cc1Br. The molecule has 2 aromatic carbocycles. The Hall–Kier alpha value is -1.33. The van der Waals surface area contributed by atoms with Crippen molar-refractivity contribution >= 4 is 33.7 Å². The van der Waals surface area contributed by atoms with Crippen molar-refractivity contribution in [3.05, 3.63) is 58.3 Å². The van der Waals surface area contributed by atoms with E-state index in [-0.39, 0.29) is 11.4 Å². The zero-order chi connectivity index (χ0) is 13.1. The number of carboxylic acid groups (broad SMARTS) is 1. The minimum absolute atomic E-state index is 0.221. The summed E-state index contributed by atoms with van der Waals surface area (Å²) in [5.41, 5.74) is 0.221. The first-order valence-corrected chi connectivity index (χ1v) is 6.63. The molecule has 0 saturated heterocycles. The van der Waals surface area contributed by atoms with Gasteiger partial charge >= 0.3 is 5.97 Å². The fraction of sp³-hybridized carbons (Fsp3) is 0. The van der Waals surface area contributed by atoms with Crippen molar-refractivity contribution < 1.29 is 14.3 Å². The summed E-state index contributed by atoms with van der Waals surface area (Å²) in [5, 5.41) is 8.90. The quantitative estimate of drug-likeness (QED) is 0.906. The molecular weight excluding hydrogens is 319 g/mol. The first kappa shape index (κ1) is 13.1. The zero-order valence-electron chi connectivity index (χ0n) is 9.06. The Kier molecular flexibility index (Phi) is 4.04. The number of hydrogen-bond acceptors (Lipinski definition) is 2. The molecule has 0 aliphatic rings. The van der Waals surface area contributed by atoms with E-state index < -0.39 is 5.97 Å². The van der Waals surface area contributed by atoms with E-state index in [0.717, 1.165) is 9.79 Å². The summed E-state index contributed by atoms with van der Waals surface area (Å²) in [7, 11) is 0. The summed E-state index contributed by atoms with van der Waals surface area (Å²) < 4.78 is 13.3. The lowest BCUT2D eigenvalue weighted by molar-refractivity contribution is 0.0696. The maximum Gasteiger partial charge on any atom is 0.336 e. The van der Waals surface area contributed by atoms with Gasteiger partial charge in [-0.15, -0.1) is 0 Å². The van der Waals surface area contributed by atoms with Crippen LogP contribution in [-0.2, 0) is 0 Å². The van der Waals surface area contributed by atoms with Crippen LogP contribution < -0.4 is 0 Å². The van der Waals surface area contributed by atoms with Crippen molar-refractivity contribution in [1.29, 1.82) is 0 Å². The Morgan fingerprint density at radius 2 is 1.72 bits per heavy atom. The smallest absolute Gasteiger partial charge is 0.336 e. The predicted octanol–water partition coefficient (Wildman–Crippen LogP) is 4.44. The van der Waals surface area contributed by atoms with Gasteiger partial charge in [-0.3, -0.25) is 0 Å². The first-order valence-electron chi connectivity index (χ1n) is 5.02. The van der Waals surface area contributed by atoms with Gasteiger partial charge in [0.25, 0.3) is 0 Å². The number of halogens is 2. The van der Waals surface area contributed by atoms with Crippen LogP contribution in [0.2, 0.25) is 0 Å². The average Bonchev–Trinajstić information content (AvgIpc) is 2.32. The van der Waals surface area contributed by atoms with Gasteiger partial charge in [0.15, 0.2) is 0 Å². The van der Waals surface area contributed by atoms with E-state index >= 15 is 0 Å². The molecule has 0 bridgehead atoms. The largest absolute Gasteiger partial charge is 0.478 e. The van der Waals surface area contributed by atoms with Crippen molar-refractivity contribution in [1.82, 2.24) is 0 Å². The van der Waals surface area contributed by atoms with Crippen LogP contribution in [0.1, 0.15) is 10.4 Å². The first-order chi connectivity index (χ1) is 8.56. The van der Waals surface area contributed by atoms with Crippen LogP contribution >= 0.6 is 27.7 Å². The standard InChI is InChI=1S/C13H8BrFO2S/c14-12-7-10(5-6-11(12)13(16)17)18-9-3-1-8(15)2-4-9/h1-7H,(H,16,17). The molecule has 2 rings (SSSR count). The van der Waals surface area contributed by atoms with Crippen molar-refractivity contribution in [3.63, 3.8) is 0 Å². The van der Waals surface area contributed by atoms with Crippen LogP contribution in [-0.4, -0.2) is 11.1 Å². The van der Waals surface area contributed by atoms with Gasteiger partial charge < -0.3 is 5.11 Å². The van der Waals surface area contributed by atoms with E-state index in [1.54, 1.807) is 24.3 Å². The highest BCUT2D eigenvalue weighted by Gasteiger charge is 2.09. The highest BCUT2D eigenvalue weighted by molar-refractivity contribution is 9.10. The van der Waals surface area contributed by atoms with Crippen molar-refractivity contribution in [2.24, 2.45) is 0 Å². The van der Waals surface area contributed by atoms with E-state index in [1.807, 2.05) is 0 Å². The lowest BCUT2D eigenvalue weighted by Gasteiger charge is -2.04. The summed E-state index contributed by atoms with van der Waals surface area (Å²) in [4.78, 5) is 12.6. The number of hydrogen-bond donors (Lipinski definition) is 1. The summed E-state index contributed by atoms with van der Waals surface area (Å²) >= 11 is 4.66. The molecule has 5 heteroatoms. The molecule has 2 aromatic rings. The molecule has 0 aliphatic carbocycles. The van der Waals surface area contributed by atoms with Crippen molar-refractivity contribution in [2.75, 3.05) is 0 Å². The monoisotopic (exact) mass is 326 g/mol. The van der Waals surface area contributed by atoms with E-state index in [2.05, 4.69) is 15.9 Å². The third kappa shape index (κ3) is 3.11. The number of carbonyl (C=O) groups is 1. The molecule has 0 radical (unpaired) electrons. The Balaban J connectivity index is 2.22. The Morgan fingerprint density at radius 1 is 1.11 bits per heavy atom. The highest BCUT2D eigenvalue weighted by atomic mass is 79.9. The molecule has 0 aliphatic heterocycles. The van der Waals surface area contributed by atoms with Crippen LogP contribution in [0.15, 0.2) is 56.7 Å². The second-order valence-electron chi connectivity index (χ2n) is 3.50. The molecule has 0 spiro atoms. The number of carboxylic acids is 1. The van der Waals surface area contributed by atoms with E-state index in [4.69, 9.17) is 5.11 Å². The minimum Gasteiger partial charge on any atom is -0.478 e. The van der Waals surface area contributed by atoms with Gasteiger partial charge in [0, 0.05) is 14.3 Å². The van der Waals surface area contributed by atoms with Crippen LogP contribution in [0.25, 0.3) is 0 Å². The average molecular weight is 327 g/mol. The molecule has 0 aromatic heterocycles. The molecule has 18 heavy (non-hydrogen) atoms. The molecule has 0 amide bonds. The van der Waals surface area contributed by atoms with Crippen LogP contribution in [0, 0.1) is 5.82 Å². The van der Waals surface area contributed by atoms with E-state index in [1.165, 1.54) is 30.0 Å². The third-order valence-corrected chi connectivity index (χ3v) is 3.87. The van der Waals surface area contributed by atoms with Crippen molar-refractivity contribution in [2.45, 2.75) is 9.79 Å². The molecular formula is C13H8BrFO2S. The highest BCUT2D eigenvalue weighted by Crippen LogP contribution is 2.31. The van der Waals surface area contributed by atoms with Crippen molar-refractivity contribution in [3.8, 4) is 0 Å². The van der Waals surface area contributed by atoms with Crippen LogP contribution in [0.3, 0.4) is 0 Å². The fourth-order valence-corrected chi connectivity index (χ4v) is 2.93.